The molecule has 2 aromatic carbocycles. The number of hydrogen-bond acceptors (Lipinski definition) is 4. The van der Waals surface area contributed by atoms with Gasteiger partial charge in [-0.25, -0.2) is 13.4 Å². The van der Waals surface area contributed by atoms with Crippen LogP contribution in [0.15, 0.2) is 65.8 Å². The van der Waals surface area contributed by atoms with Gasteiger partial charge >= 0.3 is 0 Å². The number of aromatic nitrogens is 2. The molecule has 2 N–H and O–H groups in total. The number of aromatic amines is 1. The zero-order valence-corrected chi connectivity index (χ0v) is 19.8. The van der Waals surface area contributed by atoms with E-state index in [0.29, 0.717) is 19.5 Å². The third kappa shape index (κ3) is 5.63. The standard InChI is InChI=1S/C24H27ClN4O3S/c25-20-11-10-19(16-22(20)33(31,32)29-14-6-1-2-7-15-29)24(30)28-21(17-23-26-12-13-27-23)18-8-4-3-5-9-18/h3-5,8-13,16,21H,1-2,6-7,14-15,17H2,(H,26,27)(H,28,30). The number of nitrogens with zero attached hydrogens (tertiary/aromatic N) is 2. The first kappa shape index (κ1) is 23.5. The number of sulfonamides is 1. The summed E-state index contributed by atoms with van der Waals surface area (Å²) in [4.78, 5) is 20.5. The highest BCUT2D eigenvalue weighted by Crippen LogP contribution is 2.28. The molecule has 4 rings (SSSR count). The van der Waals surface area contributed by atoms with Crippen LogP contribution in [0.5, 0.6) is 0 Å². The molecule has 0 saturated carbocycles. The molecule has 9 heteroatoms. The van der Waals surface area contributed by atoms with E-state index in [9.17, 15) is 13.2 Å². The number of nitrogens with one attached hydrogen (secondary N) is 2. The van der Waals surface area contributed by atoms with Gasteiger partial charge in [0, 0.05) is 37.5 Å². The van der Waals surface area contributed by atoms with Crippen molar-refractivity contribution in [3.8, 4) is 0 Å². The molecule has 1 aliphatic rings. The number of H-pyrrole nitrogens is 1. The molecular weight excluding hydrogens is 460 g/mol. The molecule has 174 valence electrons. The summed E-state index contributed by atoms with van der Waals surface area (Å²) in [6.07, 6.45) is 7.54. The van der Waals surface area contributed by atoms with E-state index in [1.54, 1.807) is 18.5 Å². The van der Waals surface area contributed by atoms with Gasteiger partial charge < -0.3 is 10.3 Å². The van der Waals surface area contributed by atoms with Crippen molar-refractivity contribution in [3.63, 3.8) is 0 Å². The van der Waals surface area contributed by atoms with E-state index >= 15 is 0 Å². The zero-order valence-electron chi connectivity index (χ0n) is 18.2. The molecule has 1 aliphatic heterocycles. The molecule has 1 saturated heterocycles. The minimum Gasteiger partial charge on any atom is -0.349 e. The molecule has 33 heavy (non-hydrogen) atoms. The van der Waals surface area contributed by atoms with Gasteiger partial charge in [0.25, 0.3) is 5.91 Å². The van der Waals surface area contributed by atoms with Crippen LogP contribution in [-0.4, -0.2) is 41.7 Å². The normalized spacial score (nSPS) is 16.2. The highest BCUT2D eigenvalue weighted by atomic mass is 35.5. The predicted molar refractivity (Wildman–Crippen MR) is 128 cm³/mol. The smallest absolute Gasteiger partial charge is 0.251 e. The van der Waals surface area contributed by atoms with Crippen molar-refractivity contribution < 1.29 is 13.2 Å². The Morgan fingerprint density at radius 1 is 1.09 bits per heavy atom. The molecule has 1 aromatic heterocycles. The van der Waals surface area contributed by atoms with E-state index in [2.05, 4.69) is 15.3 Å². The number of amides is 1. The van der Waals surface area contributed by atoms with Crippen molar-refractivity contribution in [2.45, 2.75) is 43.0 Å². The first-order chi connectivity index (χ1) is 15.9. The van der Waals surface area contributed by atoms with Crippen LogP contribution in [0.25, 0.3) is 0 Å². The third-order valence-corrected chi connectivity index (χ3v) is 8.22. The van der Waals surface area contributed by atoms with Gasteiger partial charge in [-0.05, 0) is 36.6 Å². The van der Waals surface area contributed by atoms with Crippen LogP contribution in [0.1, 0.15) is 53.5 Å². The lowest BCUT2D eigenvalue weighted by molar-refractivity contribution is 0.0936. The first-order valence-electron chi connectivity index (χ1n) is 11.1. The summed E-state index contributed by atoms with van der Waals surface area (Å²) in [7, 11) is -3.79. The average molecular weight is 487 g/mol. The number of hydrogen-bond donors (Lipinski definition) is 2. The lowest BCUT2D eigenvalue weighted by atomic mass is 10.0. The van der Waals surface area contributed by atoms with Crippen molar-refractivity contribution in [2.75, 3.05) is 13.1 Å². The quantitative estimate of drug-likeness (QED) is 0.519. The van der Waals surface area contributed by atoms with Gasteiger partial charge in [-0.3, -0.25) is 4.79 Å². The van der Waals surface area contributed by atoms with Gasteiger partial charge in [-0.1, -0.05) is 54.8 Å². The summed E-state index contributed by atoms with van der Waals surface area (Å²) in [5, 5.41) is 3.14. The third-order valence-electron chi connectivity index (χ3n) is 5.84. The molecule has 1 fully saturated rings. The summed E-state index contributed by atoms with van der Waals surface area (Å²) in [5.74, 6) is 0.365. The van der Waals surface area contributed by atoms with Crippen molar-refractivity contribution in [3.05, 3.63) is 82.9 Å². The van der Waals surface area contributed by atoms with Gasteiger partial charge in [0.2, 0.25) is 10.0 Å². The van der Waals surface area contributed by atoms with E-state index in [0.717, 1.165) is 37.1 Å². The van der Waals surface area contributed by atoms with Gasteiger partial charge in [-0.15, -0.1) is 0 Å². The summed E-state index contributed by atoms with van der Waals surface area (Å²) < 4.78 is 28.1. The second-order valence-electron chi connectivity index (χ2n) is 8.14. The van der Waals surface area contributed by atoms with E-state index in [1.165, 1.54) is 16.4 Å². The number of imidazole rings is 1. The Hall–Kier alpha value is -2.68. The topological polar surface area (TPSA) is 95.2 Å². The van der Waals surface area contributed by atoms with E-state index in [1.807, 2.05) is 30.3 Å². The van der Waals surface area contributed by atoms with Gasteiger partial charge in [0.05, 0.1) is 11.1 Å². The van der Waals surface area contributed by atoms with Crippen LogP contribution in [0.2, 0.25) is 5.02 Å². The number of carbonyl (C=O) groups is 1. The molecule has 3 aromatic rings. The fraction of sp³-hybridized carbons (Fsp3) is 0.333. The van der Waals surface area contributed by atoms with E-state index in [4.69, 9.17) is 11.6 Å². The molecule has 2 heterocycles. The molecule has 1 amide bonds. The van der Waals surface area contributed by atoms with Gasteiger partial charge in [0.15, 0.2) is 0 Å². The Morgan fingerprint density at radius 2 is 1.82 bits per heavy atom. The van der Waals surface area contributed by atoms with E-state index < -0.39 is 10.0 Å². The predicted octanol–water partition coefficient (Wildman–Crippen LogP) is 4.34. The maximum atomic E-state index is 13.3. The Bertz CT molecular complexity index is 1180. The van der Waals surface area contributed by atoms with Gasteiger partial charge in [0.1, 0.15) is 10.7 Å². The second-order valence-corrected chi connectivity index (χ2v) is 10.5. The Morgan fingerprint density at radius 3 is 2.48 bits per heavy atom. The lowest BCUT2D eigenvalue weighted by Crippen LogP contribution is -2.33. The minimum absolute atomic E-state index is 0.0268. The number of rotatable bonds is 7. The number of benzene rings is 2. The molecule has 1 unspecified atom stereocenters. The Balaban J connectivity index is 1.59. The molecule has 0 aliphatic carbocycles. The van der Waals surface area contributed by atoms with E-state index in [-0.39, 0.29) is 27.4 Å². The second kappa shape index (κ2) is 10.5. The summed E-state index contributed by atoms with van der Waals surface area (Å²) in [6.45, 7) is 0.933. The van der Waals surface area contributed by atoms with Crippen LogP contribution in [-0.2, 0) is 16.4 Å². The van der Waals surface area contributed by atoms with Crippen molar-refractivity contribution in [1.82, 2.24) is 19.6 Å². The number of halogens is 1. The van der Waals surface area contributed by atoms with Crippen molar-refractivity contribution >= 4 is 27.5 Å². The zero-order chi connectivity index (χ0) is 23.3. The van der Waals surface area contributed by atoms with Gasteiger partial charge in [-0.2, -0.15) is 4.31 Å². The first-order valence-corrected chi connectivity index (χ1v) is 12.9. The fourth-order valence-electron chi connectivity index (χ4n) is 4.05. The highest BCUT2D eigenvalue weighted by Gasteiger charge is 2.28. The lowest BCUT2D eigenvalue weighted by Gasteiger charge is -2.22. The number of carbonyl (C=O) groups excluding carboxylic acids is 1. The van der Waals surface area contributed by atoms with Crippen LogP contribution in [0.4, 0.5) is 0 Å². The van der Waals surface area contributed by atoms with Crippen LogP contribution in [0, 0.1) is 0 Å². The summed E-state index contributed by atoms with van der Waals surface area (Å²) in [6, 6.07) is 13.7. The molecule has 0 bridgehead atoms. The largest absolute Gasteiger partial charge is 0.349 e. The van der Waals surface area contributed by atoms with Crippen LogP contribution < -0.4 is 5.32 Å². The van der Waals surface area contributed by atoms with Crippen molar-refractivity contribution in [2.24, 2.45) is 0 Å². The monoisotopic (exact) mass is 486 g/mol. The van der Waals surface area contributed by atoms with Crippen LogP contribution in [0.3, 0.4) is 0 Å². The molecule has 1 atom stereocenters. The molecular formula is C24H27ClN4O3S. The Kier molecular flexibility index (Phi) is 7.47. The average Bonchev–Trinajstić information content (AvgIpc) is 3.17. The maximum Gasteiger partial charge on any atom is 0.251 e. The highest BCUT2D eigenvalue weighted by molar-refractivity contribution is 7.89. The fourth-order valence-corrected chi connectivity index (χ4v) is 6.06. The molecule has 0 spiro atoms. The van der Waals surface area contributed by atoms with Crippen molar-refractivity contribution in [1.29, 1.82) is 0 Å². The molecule has 0 radical (unpaired) electrons. The Labute approximate surface area is 199 Å². The molecule has 7 nitrogen and oxygen atoms in total. The maximum absolute atomic E-state index is 13.3. The minimum atomic E-state index is -3.79. The SMILES string of the molecule is O=C(NC(Cc1ncc[nH]1)c1ccccc1)c1ccc(Cl)c(S(=O)(=O)N2CCCCCC2)c1. The van der Waals surface area contributed by atoms with Crippen LogP contribution >= 0.6 is 11.6 Å². The summed E-state index contributed by atoms with van der Waals surface area (Å²) >= 11 is 6.29. The summed E-state index contributed by atoms with van der Waals surface area (Å²) in [5.41, 5.74) is 1.17.